The van der Waals surface area contributed by atoms with E-state index < -0.39 is 0 Å². The highest BCUT2D eigenvalue weighted by Crippen LogP contribution is 2.27. The maximum atomic E-state index is 12.5. The van der Waals surface area contributed by atoms with Crippen LogP contribution in [0.15, 0.2) is 66.5 Å². The Morgan fingerprint density at radius 1 is 1.23 bits per heavy atom. The number of hydrogen-bond acceptors (Lipinski definition) is 5. The zero-order chi connectivity index (χ0) is 21.6. The minimum Gasteiger partial charge on any atom is -0.439 e. The number of likely N-dealkylation sites (tertiary alicyclic amines) is 1. The van der Waals surface area contributed by atoms with E-state index in [-0.39, 0.29) is 11.9 Å². The number of anilines is 1. The number of nitrogens with zero attached hydrogens (tertiary/aromatic N) is 4. The highest BCUT2D eigenvalue weighted by Gasteiger charge is 2.24. The average Bonchev–Trinajstić information content (AvgIpc) is 2.78. The van der Waals surface area contributed by atoms with Crippen LogP contribution in [0.3, 0.4) is 0 Å². The molecule has 1 fully saturated rings. The van der Waals surface area contributed by atoms with Gasteiger partial charge in [0.2, 0.25) is 5.88 Å². The van der Waals surface area contributed by atoms with Gasteiger partial charge in [0, 0.05) is 31.5 Å². The Bertz CT molecular complexity index is 1070. The summed E-state index contributed by atoms with van der Waals surface area (Å²) in [6, 6.07) is 15.1. The summed E-state index contributed by atoms with van der Waals surface area (Å²) in [5, 5.41) is 10.5. The summed E-state index contributed by atoms with van der Waals surface area (Å²) < 4.78 is 5.88. The van der Waals surface area contributed by atoms with Crippen molar-refractivity contribution in [1.29, 1.82) is 0 Å². The predicted molar refractivity (Wildman–Crippen MR) is 120 cm³/mol. The van der Waals surface area contributed by atoms with Crippen LogP contribution in [0.4, 0.5) is 10.6 Å². The number of piperidine rings is 1. The number of pyridine rings is 1. The molecule has 7 nitrogen and oxygen atoms in total. The van der Waals surface area contributed by atoms with E-state index in [1.165, 1.54) is 5.57 Å². The van der Waals surface area contributed by atoms with Crippen LogP contribution in [0.2, 0.25) is 0 Å². The quantitative estimate of drug-likeness (QED) is 0.653. The van der Waals surface area contributed by atoms with E-state index in [0.717, 1.165) is 23.3 Å². The van der Waals surface area contributed by atoms with Crippen molar-refractivity contribution in [2.45, 2.75) is 20.3 Å². The van der Waals surface area contributed by atoms with E-state index in [0.29, 0.717) is 24.8 Å². The van der Waals surface area contributed by atoms with Gasteiger partial charge in [-0.3, -0.25) is 5.32 Å². The molecular formula is C24H25N5O2. The third-order valence-corrected chi connectivity index (χ3v) is 5.21. The van der Waals surface area contributed by atoms with Crippen molar-refractivity contribution in [3.8, 4) is 11.6 Å². The van der Waals surface area contributed by atoms with Crippen LogP contribution in [0.1, 0.15) is 24.5 Å². The molecule has 3 aromatic rings. The van der Waals surface area contributed by atoms with Gasteiger partial charge in [-0.1, -0.05) is 36.8 Å². The molecule has 1 unspecified atom stereocenters. The maximum Gasteiger partial charge on any atom is 0.323 e. The number of rotatable bonds is 4. The zero-order valence-electron chi connectivity index (χ0n) is 17.7. The van der Waals surface area contributed by atoms with Gasteiger partial charge in [-0.05, 0) is 54.7 Å². The molecular weight excluding hydrogens is 390 g/mol. The average molecular weight is 415 g/mol. The number of aromatic nitrogens is 3. The number of carbonyl (C=O) groups is 1. The second kappa shape index (κ2) is 9.38. The van der Waals surface area contributed by atoms with Crippen LogP contribution in [0.5, 0.6) is 11.6 Å². The fourth-order valence-electron chi connectivity index (χ4n) is 3.52. The van der Waals surface area contributed by atoms with Gasteiger partial charge in [0.25, 0.3) is 0 Å². The Hall–Kier alpha value is -3.74. The SMILES string of the molecule is Cc1ccc(Oc2cccc(C=C3CCN(C(=O)Nc4cccnn4)CC3C)c2)nc1. The molecule has 0 spiro atoms. The molecule has 2 amide bonds. The largest absolute Gasteiger partial charge is 0.439 e. The van der Waals surface area contributed by atoms with Gasteiger partial charge in [-0.15, -0.1) is 5.10 Å². The summed E-state index contributed by atoms with van der Waals surface area (Å²) in [5.74, 6) is 2.04. The number of benzene rings is 1. The van der Waals surface area contributed by atoms with E-state index in [2.05, 4.69) is 39.6 Å². The van der Waals surface area contributed by atoms with Crippen LogP contribution in [-0.4, -0.2) is 39.2 Å². The molecule has 1 aliphatic heterocycles. The van der Waals surface area contributed by atoms with Gasteiger partial charge < -0.3 is 9.64 Å². The summed E-state index contributed by atoms with van der Waals surface area (Å²) >= 11 is 0. The van der Waals surface area contributed by atoms with Gasteiger partial charge in [0.05, 0.1) is 0 Å². The lowest BCUT2D eigenvalue weighted by molar-refractivity contribution is 0.197. The highest BCUT2D eigenvalue weighted by molar-refractivity contribution is 5.88. The Morgan fingerprint density at radius 2 is 2.13 bits per heavy atom. The first-order valence-corrected chi connectivity index (χ1v) is 10.3. The van der Waals surface area contributed by atoms with Gasteiger partial charge >= 0.3 is 6.03 Å². The topological polar surface area (TPSA) is 80.2 Å². The summed E-state index contributed by atoms with van der Waals surface area (Å²) in [5.41, 5.74) is 3.48. The molecule has 0 saturated carbocycles. The van der Waals surface area contributed by atoms with Crippen molar-refractivity contribution >= 4 is 17.9 Å². The number of ether oxygens (including phenoxy) is 1. The van der Waals surface area contributed by atoms with Gasteiger partial charge in [0.1, 0.15) is 5.75 Å². The van der Waals surface area contributed by atoms with Crippen molar-refractivity contribution in [2.75, 3.05) is 18.4 Å². The van der Waals surface area contributed by atoms with E-state index in [9.17, 15) is 4.79 Å². The van der Waals surface area contributed by atoms with E-state index in [4.69, 9.17) is 4.74 Å². The Balaban J connectivity index is 1.39. The lowest BCUT2D eigenvalue weighted by Crippen LogP contribution is -2.42. The molecule has 0 aliphatic carbocycles. The van der Waals surface area contributed by atoms with Crippen molar-refractivity contribution in [2.24, 2.45) is 5.92 Å². The van der Waals surface area contributed by atoms with Crippen LogP contribution < -0.4 is 10.1 Å². The molecule has 4 rings (SSSR count). The van der Waals surface area contributed by atoms with Crippen LogP contribution in [0.25, 0.3) is 6.08 Å². The van der Waals surface area contributed by atoms with Gasteiger partial charge in [-0.25, -0.2) is 9.78 Å². The maximum absolute atomic E-state index is 12.5. The predicted octanol–water partition coefficient (Wildman–Crippen LogP) is 4.93. The molecule has 1 saturated heterocycles. The Kier molecular flexibility index (Phi) is 6.21. The van der Waals surface area contributed by atoms with E-state index in [1.807, 2.05) is 42.2 Å². The molecule has 1 aromatic carbocycles. The molecule has 3 heterocycles. The van der Waals surface area contributed by atoms with Crippen molar-refractivity contribution in [3.63, 3.8) is 0 Å². The second-order valence-corrected chi connectivity index (χ2v) is 7.70. The Morgan fingerprint density at radius 3 is 2.87 bits per heavy atom. The normalized spacial score (nSPS) is 17.4. The number of nitrogens with one attached hydrogen (secondary N) is 1. The lowest BCUT2D eigenvalue weighted by Gasteiger charge is -2.33. The van der Waals surface area contributed by atoms with E-state index >= 15 is 0 Å². The third-order valence-electron chi connectivity index (χ3n) is 5.21. The smallest absolute Gasteiger partial charge is 0.323 e. The number of urea groups is 1. The van der Waals surface area contributed by atoms with Crippen LogP contribution in [0, 0.1) is 12.8 Å². The molecule has 7 heteroatoms. The minimum atomic E-state index is -0.146. The molecule has 31 heavy (non-hydrogen) atoms. The molecule has 0 radical (unpaired) electrons. The fourth-order valence-corrected chi connectivity index (χ4v) is 3.52. The minimum absolute atomic E-state index is 0.146. The number of hydrogen-bond donors (Lipinski definition) is 1. The third kappa shape index (κ3) is 5.45. The number of aryl methyl sites for hydroxylation is 1. The second-order valence-electron chi connectivity index (χ2n) is 7.70. The summed E-state index contributed by atoms with van der Waals surface area (Å²) in [6.45, 7) is 5.45. The zero-order valence-corrected chi connectivity index (χ0v) is 17.7. The summed E-state index contributed by atoms with van der Waals surface area (Å²) in [7, 11) is 0. The van der Waals surface area contributed by atoms with Crippen molar-refractivity contribution < 1.29 is 9.53 Å². The van der Waals surface area contributed by atoms with Crippen LogP contribution >= 0.6 is 0 Å². The van der Waals surface area contributed by atoms with Crippen LogP contribution in [-0.2, 0) is 0 Å². The molecule has 158 valence electrons. The Labute approximate surface area is 181 Å². The van der Waals surface area contributed by atoms with Crippen molar-refractivity contribution in [3.05, 3.63) is 77.6 Å². The molecule has 2 aromatic heterocycles. The molecule has 1 atom stereocenters. The first-order chi connectivity index (χ1) is 15.1. The lowest BCUT2D eigenvalue weighted by atomic mass is 9.91. The number of amides is 2. The first-order valence-electron chi connectivity index (χ1n) is 10.3. The molecule has 0 bridgehead atoms. The summed E-state index contributed by atoms with van der Waals surface area (Å²) in [4.78, 5) is 18.6. The van der Waals surface area contributed by atoms with Crippen molar-refractivity contribution in [1.82, 2.24) is 20.1 Å². The standard InChI is InChI=1S/C24H25N5O2/c1-17-8-9-23(25-15-17)31-21-6-3-5-19(14-21)13-20-10-12-29(16-18(20)2)24(30)27-22-7-4-11-26-28-22/h3-9,11,13-15,18H,10,12,16H2,1-2H3,(H,27,28,30). The van der Waals surface area contributed by atoms with Gasteiger partial charge in [-0.2, -0.15) is 5.10 Å². The van der Waals surface area contributed by atoms with E-state index in [1.54, 1.807) is 24.5 Å². The molecule has 1 N–H and O–H groups in total. The highest BCUT2D eigenvalue weighted by atomic mass is 16.5. The summed E-state index contributed by atoms with van der Waals surface area (Å²) in [6.07, 6.45) is 6.38. The number of carbonyl (C=O) groups excluding carboxylic acids is 1. The monoisotopic (exact) mass is 415 g/mol. The van der Waals surface area contributed by atoms with Gasteiger partial charge in [0.15, 0.2) is 5.82 Å². The first kappa shape index (κ1) is 20.5. The fraction of sp³-hybridized carbons (Fsp3) is 0.250. The molecule has 1 aliphatic rings.